The van der Waals surface area contributed by atoms with Crippen molar-refractivity contribution in [2.24, 2.45) is 5.84 Å². The van der Waals surface area contributed by atoms with E-state index in [9.17, 15) is 0 Å². The lowest BCUT2D eigenvalue weighted by Gasteiger charge is -2.13. The molecule has 0 aliphatic carbocycles. The van der Waals surface area contributed by atoms with Gasteiger partial charge < -0.3 is 10.2 Å². The fourth-order valence-corrected chi connectivity index (χ4v) is 1.89. The first kappa shape index (κ1) is 14.3. The van der Waals surface area contributed by atoms with Gasteiger partial charge in [0, 0.05) is 11.8 Å². The van der Waals surface area contributed by atoms with Crippen molar-refractivity contribution < 1.29 is 4.74 Å². The van der Waals surface area contributed by atoms with E-state index in [1.807, 2.05) is 12.1 Å². The predicted molar refractivity (Wildman–Crippen MR) is 81.6 cm³/mol. The number of aryl methyl sites for hydroxylation is 1. The summed E-state index contributed by atoms with van der Waals surface area (Å²) in [7, 11) is 0. The Morgan fingerprint density at radius 2 is 2.05 bits per heavy atom. The fraction of sp³-hybridized carbons (Fsp3) is 0.312. The van der Waals surface area contributed by atoms with E-state index < -0.39 is 0 Å². The average Bonchev–Trinajstić information content (AvgIpc) is 2.46. The van der Waals surface area contributed by atoms with Crippen LogP contribution in [0.15, 0.2) is 36.5 Å². The summed E-state index contributed by atoms with van der Waals surface area (Å²) in [6.45, 7) is 6.91. The topological polar surface area (TPSA) is 60.2 Å². The van der Waals surface area contributed by atoms with E-state index in [0.717, 1.165) is 16.9 Å². The van der Waals surface area contributed by atoms with E-state index in [1.54, 1.807) is 6.20 Å². The Kier molecular flexibility index (Phi) is 4.58. The highest BCUT2D eigenvalue weighted by molar-refractivity contribution is 5.38. The van der Waals surface area contributed by atoms with Gasteiger partial charge in [-0.3, -0.25) is 0 Å². The Labute approximate surface area is 120 Å². The lowest BCUT2D eigenvalue weighted by atomic mass is 10.0. The van der Waals surface area contributed by atoms with Gasteiger partial charge in [0.05, 0.1) is 0 Å². The Balaban J connectivity index is 2.07. The lowest BCUT2D eigenvalue weighted by molar-refractivity contribution is 0.303. The van der Waals surface area contributed by atoms with Gasteiger partial charge in [-0.1, -0.05) is 32.0 Å². The molecule has 0 amide bonds. The van der Waals surface area contributed by atoms with Crippen molar-refractivity contribution in [3.05, 3.63) is 53.2 Å². The number of hydrogen-bond donors (Lipinski definition) is 2. The first-order valence-corrected chi connectivity index (χ1v) is 6.75. The van der Waals surface area contributed by atoms with Crippen LogP contribution in [0, 0.1) is 6.92 Å². The Hall–Kier alpha value is -2.07. The van der Waals surface area contributed by atoms with Crippen LogP contribution in [0.25, 0.3) is 0 Å². The molecule has 0 radical (unpaired) electrons. The molecule has 4 heteroatoms. The summed E-state index contributed by atoms with van der Waals surface area (Å²) in [5.74, 6) is 7.35. The van der Waals surface area contributed by atoms with Crippen molar-refractivity contribution in [3.8, 4) is 5.75 Å². The van der Waals surface area contributed by atoms with Crippen molar-refractivity contribution in [2.45, 2.75) is 33.3 Å². The zero-order chi connectivity index (χ0) is 14.5. The number of rotatable bonds is 5. The average molecular weight is 271 g/mol. The maximum Gasteiger partial charge on any atom is 0.139 e. The number of hydrazine groups is 1. The standard InChI is InChI=1S/C16H21N3O/c1-11(2)14-6-4-12(3)15(8-14)20-10-13-5-7-16(19-17)18-9-13/h4-9,11H,10,17H2,1-3H3,(H,18,19). The lowest BCUT2D eigenvalue weighted by Crippen LogP contribution is -2.08. The quantitative estimate of drug-likeness (QED) is 0.646. The number of nitrogens with zero attached hydrogens (tertiary/aromatic N) is 1. The van der Waals surface area contributed by atoms with E-state index >= 15 is 0 Å². The van der Waals surface area contributed by atoms with Gasteiger partial charge in [-0.25, -0.2) is 10.8 Å². The number of nitrogens with two attached hydrogens (primary N) is 1. The molecule has 1 heterocycles. The monoisotopic (exact) mass is 271 g/mol. The summed E-state index contributed by atoms with van der Waals surface area (Å²) >= 11 is 0. The van der Waals surface area contributed by atoms with Gasteiger partial charge in [-0.2, -0.15) is 0 Å². The zero-order valence-corrected chi connectivity index (χ0v) is 12.2. The van der Waals surface area contributed by atoms with Crippen LogP contribution in [0.3, 0.4) is 0 Å². The molecule has 0 fully saturated rings. The minimum atomic E-state index is 0.495. The number of ether oxygens (including phenoxy) is 1. The molecule has 3 N–H and O–H groups in total. The Bertz CT molecular complexity index is 564. The van der Waals surface area contributed by atoms with Crippen molar-refractivity contribution in [1.82, 2.24) is 4.98 Å². The maximum absolute atomic E-state index is 5.90. The van der Waals surface area contributed by atoms with E-state index in [4.69, 9.17) is 10.6 Å². The van der Waals surface area contributed by atoms with Gasteiger partial charge in [0.25, 0.3) is 0 Å². The van der Waals surface area contributed by atoms with Crippen LogP contribution < -0.4 is 16.0 Å². The molecule has 0 spiro atoms. The third-order valence-corrected chi connectivity index (χ3v) is 3.25. The molecule has 1 aromatic heterocycles. The molecule has 1 aromatic carbocycles. The van der Waals surface area contributed by atoms with Crippen LogP contribution in [0.4, 0.5) is 5.82 Å². The van der Waals surface area contributed by atoms with Gasteiger partial charge in [-0.05, 0) is 36.1 Å². The molecule has 0 saturated carbocycles. The predicted octanol–water partition coefficient (Wildman–Crippen LogP) is 3.38. The number of nitrogen functional groups attached to an aromatic ring is 1. The Morgan fingerprint density at radius 1 is 1.25 bits per heavy atom. The Morgan fingerprint density at radius 3 is 2.65 bits per heavy atom. The van der Waals surface area contributed by atoms with Crippen LogP contribution in [0.2, 0.25) is 0 Å². The first-order valence-electron chi connectivity index (χ1n) is 6.75. The largest absolute Gasteiger partial charge is 0.489 e. The van der Waals surface area contributed by atoms with E-state index in [1.165, 1.54) is 5.56 Å². The summed E-state index contributed by atoms with van der Waals surface area (Å²) < 4.78 is 5.90. The highest BCUT2D eigenvalue weighted by Gasteiger charge is 2.05. The van der Waals surface area contributed by atoms with Crippen LogP contribution in [0.1, 0.15) is 36.5 Å². The highest BCUT2D eigenvalue weighted by Crippen LogP contribution is 2.25. The molecule has 4 nitrogen and oxygen atoms in total. The normalized spacial score (nSPS) is 10.7. The molecular formula is C16H21N3O. The van der Waals surface area contributed by atoms with Gasteiger partial charge in [0.15, 0.2) is 0 Å². The molecule has 0 aliphatic heterocycles. The third kappa shape index (κ3) is 3.48. The molecule has 0 saturated heterocycles. The van der Waals surface area contributed by atoms with Gasteiger partial charge in [0.2, 0.25) is 0 Å². The van der Waals surface area contributed by atoms with Crippen LogP contribution in [-0.4, -0.2) is 4.98 Å². The van der Waals surface area contributed by atoms with Gasteiger partial charge >= 0.3 is 0 Å². The van der Waals surface area contributed by atoms with Gasteiger partial charge in [0.1, 0.15) is 18.2 Å². The molecule has 2 rings (SSSR count). The molecule has 0 bridgehead atoms. The molecule has 20 heavy (non-hydrogen) atoms. The third-order valence-electron chi connectivity index (χ3n) is 3.25. The number of benzene rings is 1. The highest BCUT2D eigenvalue weighted by atomic mass is 16.5. The number of aromatic nitrogens is 1. The first-order chi connectivity index (χ1) is 9.60. The van der Waals surface area contributed by atoms with Crippen molar-refractivity contribution in [2.75, 3.05) is 5.43 Å². The minimum Gasteiger partial charge on any atom is -0.489 e. The second-order valence-electron chi connectivity index (χ2n) is 5.16. The van der Waals surface area contributed by atoms with Crippen molar-refractivity contribution in [1.29, 1.82) is 0 Å². The van der Waals surface area contributed by atoms with E-state index in [2.05, 4.69) is 49.4 Å². The smallest absolute Gasteiger partial charge is 0.139 e. The molecule has 2 aromatic rings. The number of anilines is 1. The summed E-state index contributed by atoms with van der Waals surface area (Å²) in [5, 5.41) is 0. The second-order valence-corrected chi connectivity index (χ2v) is 5.16. The number of hydrogen-bond acceptors (Lipinski definition) is 4. The van der Waals surface area contributed by atoms with Crippen LogP contribution in [-0.2, 0) is 6.61 Å². The van der Waals surface area contributed by atoms with E-state index in [-0.39, 0.29) is 0 Å². The molecule has 0 atom stereocenters. The molecule has 106 valence electrons. The summed E-state index contributed by atoms with van der Waals surface area (Å²) in [5.41, 5.74) is 5.94. The van der Waals surface area contributed by atoms with Crippen LogP contribution >= 0.6 is 0 Å². The number of nitrogens with one attached hydrogen (secondary N) is 1. The molecular weight excluding hydrogens is 250 g/mol. The van der Waals surface area contributed by atoms with Crippen molar-refractivity contribution >= 4 is 5.82 Å². The number of pyridine rings is 1. The summed E-state index contributed by atoms with van der Waals surface area (Å²) in [6.07, 6.45) is 1.76. The zero-order valence-electron chi connectivity index (χ0n) is 12.2. The summed E-state index contributed by atoms with van der Waals surface area (Å²) in [4.78, 5) is 4.16. The second kappa shape index (κ2) is 6.39. The fourth-order valence-electron chi connectivity index (χ4n) is 1.89. The SMILES string of the molecule is Cc1ccc(C(C)C)cc1OCc1ccc(NN)nc1. The van der Waals surface area contributed by atoms with Crippen molar-refractivity contribution in [3.63, 3.8) is 0 Å². The molecule has 0 unspecified atom stereocenters. The summed E-state index contributed by atoms with van der Waals surface area (Å²) in [6, 6.07) is 10.1. The maximum atomic E-state index is 5.90. The minimum absolute atomic E-state index is 0.495. The van der Waals surface area contributed by atoms with Crippen LogP contribution in [0.5, 0.6) is 5.75 Å². The molecule has 0 aliphatic rings. The van der Waals surface area contributed by atoms with Gasteiger partial charge in [-0.15, -0.1) is 0 Å². The van der Waals surface area contributed by atoms with E-state index in [0.29, 0.717) is 18.3 Å².